The fourth-order valence-corrected chi connectivity index (χ4v) is 7.91. The third-order valence-electron chi connectivity index (χ3n) is 12.0. The summed E-state index contributed by atoms with van der Waals surface area (Å²) in [5, 5.41) is 11.7. The van der Waals surface area contributed by atoms with Crippen molar-refractivity contribution in [1.82, 2.24) is 0 Å². The second kappa shape index (κ2) is 46.1. The summed E-state index contributed by atoms with van der Waals surface area (Å²) in [6.45, 7) is 4.64. The first kappa shape index (κ1) is 60.5. The number of quaternary nitrogens is 1. The molecule has 0 heterocycles. The molecule has 2 atom stereocenters. The van der Waals surface area contributed by atoms with Crippen LogP contribution in [0.25, 0.3) is 0 Å². The fraction of sp³-hybridized carbons (Fsp3) is 0.836. The zero-order chi connectivity index (χ0) is 46.3. The molecule has 0 aromatic carbocycles. The van der Waals surface area contributed by atoms with Crippen LogP contribution in [-0.4, -0.2) is 75.5 Å². The number of hydrogen-bond donors (Lipinski definition) is 0. The molecule has 0 saturated carbocycles. The van der Waals surface area contributed by atoms with Crippen LogP contribution >= 0.6 is 0 Å². The van der Waals surface area contributed by atoms with Crippen molar-refractivity contribution in [2.24, 2.45) is 0 Å². The summed E-state index contributed by atoms with van der Waals surface area (Å²) in [7, 11) is 5.40. The van der Waals surface area contributed by atoms with E-state index >= 15 is 0 Å². The van der Waals surface area contributed by atoms with Crippen LogP contribution in [0, 0.1) is 0 Å². The van der Waals surface area contributed by atoms with Gasteiger partial charge >= 0.3 is 11.9 Å². The Morgan fingerprint density at radius 3 is 1.29 bits per heavy atom. The van der Waals surface area contributed by atoms with Crippen molar-refractivity contribution in [2.45, 2.75) is 257 Å². The summed E-state index contributed by atoms with van der Waals surface area (Å²) < 4.78 is 17.2. The normalized spacial score (nSPS) is 13.1. The number of allylic oxidation sites excluding steroid dienone is 6. The summed E-state index contributed by atoms with van der Waals surface area (Å²) in [5.41, 5.74) is 0. The van der Waals surface area contributed by atoms with Crippen LogP contribution in [0.1, 0.15) is 245 Å². The molecule has 0 amide bonds. The van der Waals surface area contributed by atoms with Gasteiger partial charge in [0.25, 0.3) is 0 Å². The Labute approximate surface area is 389 Å². The Kier molecular flexibility index (Phi) is 44.3. The van der Waals surface area contributed by atoms with Crippen LogP contribution in [0.5, 0.6) is 0 Å². The number of nitrogens with zero attached hydrogens (tertiary/aromatic N) is 1. The van der Waals surface area contributed by atoms with Gasteiger partial charge in [0.15, 0.2) is 6.10 Å². The predicted octanol–water partition coefficient (Wildman–Crippen LogP) is 14.0. The van der Waals surface area contributed by atoms with Gasteiger partial charge in [0.2, 0.25) is 0 Å². The van der Waals surface area contributed by atoms with E-state index in [-0.39, 0.29) is 49.1 Å². The molecule has 0 aromatic rings. The molecule has 0 bridgehead atoms. The molecule has 0 aliphatic carbocycles. The van der Waals surface area contributed by atoms with E-state index in [0.29, 0.717) is 12.8 Å². The Hall–Kier alpha value is -2.45. The van der Waals surface area contributed by atoms with Gasteiger partial charge in [0, 0.05) is 19.3 Å². The molecule has 0 fully saturated rings. The van der Waals surface area contributed by atoms with E-state index < -0.39 is 18.1 Å². The van der Waals surface area contributed by atoms with Crippen molar-refractivity contribution in [3.05, 3.63) is 36.5 Å². The summed E-state index contributed by atoms with van der Waals surface area (Å²) in [6, 6.07) is -0.734. The number of carboxylic acids is 1. The topological polar surface area (TPSA) is 102 Å². The Balaban J connectivity index is 4.24. The van der Waals surface area contributed by atoms with Crippen molar-refractivity contribution < 1.29 is 38.2 Å². The van der Waals surface area contributed by atoms with Crippen LogP contribution < -0.4 is 5.11 Å². The lowest BCUT2D eigenvalue weighted by atomic mass is 10.0. The molecular weight excluding hydrogens is 787 g/mol. The van der Waals surface area contributed by atoms with Gasteiger partial charge in [0.05, 0.1) is 40.3 Å². The summed E-state index contributed by atoms with van der Waals surface area (Å²) in [4.78, 5) is 37.0. The highest BCUT2D eigenvalue weighted by Crippen LogP contribution is 2.16. The van der Waals surface area contributed by atoms with Gasteiger partial charge in [-0.1, -0.05) is 217 Å². The lowest BCUT2D eigenvalue weighted by molar-refractivity contribution is -0.889. The molecule has 2 unspecified atom stereocenters. The van der Waals surface area contributed by atoms with Crippen LogP contribution in [0.15, 0.2) is 36.5 Å². The number of rotatable bonds is 48. The second-order valence-electron chi connectivity index (χ2n) is 19.1. The largest absolute Gasteiger partial charge is 0.544 e. The summed E-state index contributed by atoms with van der Waals surface area (Å²) in [5.74, 6) is -1.79. The Morgan fingerprint density at radius 1 is 0.476 bits per heavy atom. The van der Waals surface area contributed by atoms with Gasteiger partial charge in [0.1, 0.15) is 12.6 Å². The average Bonchev–Trinajstić information content (AvgIpc) is 3.24. The second-order valence-corrected chi connectivity index (χ2v) is 19.1. The van der Waals surface area contributed by atoms with E-state index in [4.69, 9.17) is 14.2 Å². The molecule has 63 heavy (non-hydrogen) atoms. The number of ether oxygens (including phenoxy) is 3. The van der Waals surface area contributed by atoms with Crippen molar-refractivity contribution in [2.75, 3.05) is 41.0 Å². The maximum atomic E-state index is 12.8. The molecule has 0 aliphatic rings. The van der Waals surface area contributed by atoms with E-state index in [9.17, 15) is 19.5 Å². The van der Waals surface area contributed by atoms with Gasteiger partial charge in [-0.05, 0) is 44.9 Å². The molecule has 0 rings (SSSR count). The third-order valence-corrected chi connectivity index (χ3v) is 12.0. The molecule has 8 heteroatoms. The molecule has 0 aliphatic heterocycles. The van der Waals surface area contributed by atoms with Crippen molar-refractivity contribution >= 4 is 17.9 Å². The van der Waals surface area contributed by atoms with Crippen LogP contribution in [0.2, 0.25) is 0 Å². The Morgan fingerprint density at radius 2 is 0.857 bits per heavy atom. The van der Waals surface area contributed by atoms with Crippen LogP contribution in [0.4, 0.5) is 0 Å². The number of likely N-dealkylation sites (N-methyl/N-ethyl adjacent to an activating group) is 1. The lowest BCUT2D eigenvalue weighted by Gasteiger charge is -2.34. The average molecular weight is 888 g/mol. The predicted molar refractivity (Wildman–Crippen MR) is 263 cm³/mol. The van der Waals surface area contributed by atoms with Gasteiger partial charge in [-0.2, -0.15) is 0 Å². The van der Waals surface area contributed by atoms with E-state index in [2.05, 4.69) is 50.3 Å². The van der Waals surface area contributed by atoms with Crippen LogP contribution in [0.3, 0.4) is 0 Å². The zero-order valence-corrected chi connectivity index (χ0v) is 42.0. The standard InChI is InChI=1S/C55H101NO7/c1-6-8-10-12-14-16-18-20-22-24-25-26-27-28-30-31-33-35-37-39-41-43-45-53(57)62-50-51(49-61-48-47-52(55(59)60)56(3,4)5)63-54(58)46-44-42-40-38-36-34-32-29-23-21-19-17-15-13-11-9-7-2/h21,23,32,34,38,40,51-52H,6-20,22,24-31,33,35-37,39,41-50H2,1-5H3/b23-21+,34-32+,40-38+. The van der Waals surface area contributed by atoms with Gasteiger partial charge in [-0.25, -0.2) is 0 Å². The SMILES string of the molecule is CCCCCCCC/C=C/C/C=C/C/C=C/CCCC(=O)OC(COCCC(C(=O)[O-])[N+](C)(C)C)COC(=O)CCCCCCCCCCCCCCCCCCCCCCCC. The van der Waals surface area contributed by atoms with E-state index in [1.807, 2.05) is 0 Å². The highest BCUT2D eigenvalue weighted by Gasteiger charge is 2.25. The van der Waals surface area contributed by atoms with Crippen LogP contribution in [-0.2, 0) is 28.6 Å². The number of unbranched alkanes of at least 4 members (excludes halogenated alkanes) is 28. The zero-order valence-electron chi connectivity index (χ0n) is 42.0. The van der Waals surface area contributed by atoms with E-state index in [1.165, 1.54) is 167 Å². The highest BCUT2D eigenvalue weighted by atomic mass is 16.6. The number of carbonyl (C=O) groups is 3. The molecular formula is C55H101NO7. The number of aliphatic carboxylic acids is 1. The van der Waals surface area contributed by atoms with Crippen molar-refractivity contribution in [3.8, 4) is 0 Å². The smallest absolute Gasteiger partial charge is 0.306 e. The highest BCUT2D eigenvalue weighted by molar-refractivity contribution is 5.70. The maximum Gasteiger partial charge on any atom is 0.306 e. The van der Waals surface area contributed by atoms with Crippen molar-refractivity contribution in [3.63, 3.8) is 0 Å². The number of carboxylic acid groups (broad SMARTS) is 1. The van der Waals surface area contributed by atoms with E-state index in [1.54, 1.807) is 21.1 Å². The molecule has 0 saturated heterocycles. The summed E-state index contributed by atoms with van der Waals surface area (Å²) in [6.07, 6.45) is 54.8. The minimum Gasteiger partial charge on any atom is -0.544 e. The number of esters is 2. The third kappa shape index (κ3) is 44.5. The quantitative estimate of drug-likeness (QED) is 0.0259. The Bertz CT molecular complexity index is 1130. The monoisotopic (exact) mass is 888 g/mol. The van der Waals surface area contributed by atoms with E-state index in [0.717, 1.165) is 38.5 Å². The first-order chi connectivity index (χ1) is 30.6. The molecule has 0 N–H and O–H groups in total. The number of hydrogen-bond acceptors (Lipinski definition) is 7. The summed E-state index contributed by atoms with van der Waals surface area (Å²) >= 11 is 0. The van der Waals surface area contributed by atoms with Gasteiger partial charge in [-0.3, -0.25) is 9.59 Å². The minimum atomic E-state index is -1.13. The van der Waals surface area contributed by atoms with Gasteiger partial charge in [-0.15, -0.1) is 0 Å². The minimum absolute atomic E-state index is 0.0236. The first-order valence-electron chi connectivity index (χ1n) is 26.5. The molecule has 8 nitrogen and oxygen atoms in total. The molecule has 0 radical (unpaired) electrons. The fourth-order valence-electron chi connectivity index (χ4n) is 7.91. The maximum absolute atomic E-state index is 12.8. The molecule has 368 valence electrons. The van der Waals surface area contributed by atoms with Crippen molar-refractivity contribution in [1.29, 1.82) is 0 Å². The molecule has 0 aromatic heterocycles. The molecule has 0 spiro atoms. The van der Waals surface area contributed by atoms with Gasteiger partial charge < -0.3 is 28.6 Å². The number of carbonyl (C=O) groups excluding carboxylic acids is 3. The lowest BCUT2D eigenvalue weighted by Crippen LogP contribution is -2.55. The first-order valence-corrected chi connectivity index (χ1v) is 26.5.